The standard InChI is InChI=1S/C40H48OS2/c1-5-9-12-27(7-3)14-11-15-29-16-17-30-19-22-33-37(35(30)24-29)42-40-34-23-20-31-18-21-32(25-36(31)38(34)43-39(33)40)41-26-28(8-4)13-10-6-2/h16-25,27-28H,5-15,26H2,1-4H3. The van der Waals surface area contributed by atoms with Crippen molar-refractivity contribution in [2.24, 2.45) is 11.8 Å². The second-order valence-corrected chi connectivity index (χ2v) is 14.8. The van der Waals surface area contributed by atoms with Crippen molar-refractivity contribution >= 4 is 73.8 Å². The van der Waals surface area contributed by atoms with Gasteiger partial charge in [0.2, 0.25) is 0 Å². The van der Waals surface area contributed by atoms with Crippen LogP contribution in [-0.2, 0) is 6.42 Å². The highest BCUT2D eigenvalue weighted by Gasteiger charge is 2.17. The summed E-state index contributed by atoms with van der Waals surface area (Å²) in [6.45, 7) is 10.1. The van der Waals surface area contributed by atoms with Gasteiger partial charge in [-0.25, -0.2) is 0 Å². The first kappa shape index (κ1) is 30.4. The summed E-state index contributed by atoms with van der Waals surface area (Å²) < 4.78 is 12.1. The minimum Gasteiger partial charge on any atom is -0.493 e. The number of unbranched alkanes of at least 4 members (excludes halogenated alkanes) is 2. The van der Waals surface area contributed by atoms with Gasteiger partial charge >= 0.3 is 0 Å². The van der Waals surface area contributed by atoms with E-state index >= 15 is 0 Å². The molecule has 43 heavy (non-hydrogen) atoms. The van der Waals surface area contributed by atoms with Crippen LogP contribution in [0.25, 0.3) is 51.1 Å². The fourth-order valence-corrected chi connectivity index (χ4v) is 9.72. The minimum atomic E-state index is 0.638. The number of aryl methyl sites for hydroxylation is 1. The molecule has 0 fully saturated rings. The molecule has 4 aromatic carbocycles. The largest absolute Gasteiger partial charge is 0.493 e. The van der Waals surface area contributed by atoms with E-state index in [4.69, 9.17) is 4.74 Å². The van der Waals surface area contributed by atoms with Crippen LogP contribution in [0.1, 0.15) is 97.5 Å². The molecule has 0 radical (unpaired) electrons. The fraction of sp³-hybridized carbons (Fsp3) is 0.450. The van der Waals surface area contributed by atoms with Crippen molar-refractivity contribution in [1.29, 1.82) is 0 Å². The third kappa shape index (κ3) is 6.45. The summed E-state index contributed by atoms with van der Waals surface area (Å²) in [4.78, 5) is 0. The zero-order valence-electron chi connectivity index (χ0n) is 26.6. The number of rotatable bonds is 15. The number of thiophene rings is 2. The quantitative estimate of drug-likeness (QED) is 0.113. The molecule has 0 spiro atoms. The van der Waals surface area contributed by atoms with Gasteiger partial charge in [-0.2, -0.15) is 0 Å². The summed E-state index contributed by atoms with van der Waals surface area (Å²) in [7, 11) is 0. The van der Waals surface area contributed by atoms with Crippen LogP contribution in [-0.4, -0.2) is 6.61 Å². The molecule has 0 N–H and O–H groups in total. The lowest BCUT2D eigenvalue weighted by Crippen LogP contribution is -2.11. The number of ether oxygens (including phenoxy) is 1. The number of benzene rings is 4. The Morgan fingerprint density at radius 2 is 1.12 bits per heavy atom. The first-order valence-electron chi connectivity index (χ1n) is 17.0. The molecule has 2 aromatic heterocycles. The summed E-state index contributed by atoms with van der Waals surface area (Å²) in [5, 5.41) is 8.22. The van der Waals surface area contributed by atoms with E-state index < -0.39 is 0 Å². The van der Waals surface area contributed by atoms with Gasteiger partial charge in [-0.05, 0) is 71.0 Å². The van der Waals surface area contributed by atoms with Crippen molar-refractivity contribution in [3.8, 4) is 5.75 Å². The summed E-state index contributed by atoms with van der Waals surface area (Å²) in [6.07, 6.45) is 14.2. The number of hydrogen-bond acceptors (Lipinski definition) is 3. The molecule has 2 heterocycles. The molecule has 6 rings (SSSR count). The zero-order valence-corrected chi connectivity index (χ0v) is 28.3. The highest BCUT2D eigenvalue weighted by atomic mass is 32.1. The van der Waals surface area contributed by atoms with E-state index in [2.05, 4.69) is 88.4 Å². The van der Waals surface area contributed by atoms with E-state index in [1.807, 2.05) is 22.7 Å². The lowest BCUT2D eigenvalue weighted by Gasteiger charge is -2.16. The Bertz CT molecular complexity index is 1820. The van der Waals surface area contributed by atoms with E-state index in [1.165, 1.54) is 127 Å². The summed E-state index contributed by atoms with van der Waals surface area (Å²) in [6, 6.07) is 23.2. The lowest BCUT2D eigenvalue weighted by atomic mass is 9.92. The molecule has 0 saturated carbocycles. The van der Waals surface area contributed by atoms with Gasteiger partial charge in [0.05, 0.1) is 16.0 Å². The average Bonchev–Trinajstić information content (AvgIpc) is 3.59. The van der Waals surface area contributed by atoms with Crippen LogP contribution in [0.3, 0.4) is 0 Å². The first-order chi connectivity index (χ1) is 21.1. The molecule has 2 unspecified atom stereocenters. The molecule has 0 bridgehead atoms. The molecule has 1 nitrogen and oxygen atoms in total. The highest BCUT2D eigenvalue weighted by molar-refractivity contribution is 7.37. The molecular formula is C40H48OS2. The first-order valence-corrected chi connectivity index (χ1v) is 18.6. The Morgan fingerprint density at radius 3 is 1.74 bits per heavy atom. The SMILES string of the molecule is CCCCC(CC)CCCc1ccc2ccc3c(sc4c5ccc6ccc(OCC(CC)CCCC)cc6c5sc34)c2c1. The summed E-state index contributed by atoms with van der Waals surface area (Å²) >= 11 is 3.96. The smallest absolute Gasteiger partial charge is 0.119 e. The second kappa shape index (κ2) is 14.0. The summed E-state index contributed by atoms with van der Waals surface area (Å²) in [5.41, 5.74) is 1.49. The molecule has 2 atom stereocenters. The van der Waals surface area contributed by atoms with Gasteiger partial charge in [0.15, 0.2) is 0 Å². The van der Waals surface area contributed by atoms with E-state index in [0.29, 0.717) is 5.92 Å². The molecule has 0 amide bonds. The second-order valence-electron chi connectivity index (χ2n) is 12.7. The molecule has 0 saturated heterocycles. The topological polar surface area (TPSA) is 9.23 Å². The van der Waals surface area contributed by atoms with Gasteiger partial charge in [0.25, 0.3) is 0 Å². The highest BCUT2D eigenvalue weighted by Crippen LogP contribution is 2.48. The van der Waals surface area contributed by atoms with Crippen molar-refractivity contribution in [3.63, 3.8) is 0 Å². The van der Waals surface area contributed by atoms with Crippen molar-refractivity contribution < 1.29 is 4.74 Å². The molecule has 226 valence electrons. The monoisotopic (exact) mass is 608 g/mol. The Balaban J connectivity index is 1.30. The van der Waals surface area contributed by atoms with E-state index in [1.54, 1.807) is 0 Å². The maximum absolute atomic E-state index is 6.37. The van der Waals surface area contributed by atoms with Crippen LogP contribution in [0.2, 0.25) is 0 Å². The third-order valence-electron chi connectivity index (χ3n) is 9.73. The molecule has 0 aliphatic heterocycles. The summed E-state index contributed by atoms with van der Waals surface area (Å²) in [5.74, 6) is 2.53. The predicted octanol–water partition coefficient (Wildman–Crippen LogP) is 13.7. The van der Waals surface area contributed by atoms with E-state index in [0.717, 1.165) is 18.3 Å². The lowest BCUT2D eigenvalue weighted by molar-refractivity contribution is 0.233. The minimum absolute atomic E-state index is 0.638. The Hall–Kier alpha value is -2.62. The Labute approximate surface area is 266 Å². The van der Waals surface area contributed by atoms with E-state index in [-0.39, 0.29) is 0 Å². The van der Waals surface area contributed by atoms with Gasteiger partial charge in [0, 0.05) is 25.6 Å². The number of hydrogen-bond donors (Lipinski definition) is 0. The average molecular weight is 609 g/mol. The van der Waals surface area contributed by atoms with Crippen molar-refractivity contribution in [2.45, 2.75) is 98.3 Å². The van der Waals surface area contributed by atoms with Crippen LogP contribution < -0.4 is 4.74 Å². The van der Waals surface area contributed by atoms with Gasteiger partial charge < -0.3 is 4.74 Å². The molecule has 3 heteroatoms. The maximum Gasteiger partial charge on any atom is 0.119 e. The number of fused-ring (bicyclic) bond motifs is 9. The fourth-order valence-electron chi connectivity index (χ4n) is 6.84. The van der Waals surface area contributed by atoms with Crippen LogP contribution in [0.4, 0.5) is 0 Å². The predicted molar refractivity (Wildman–Crippen MR) is 195 cm³/mol. The maximum atomic E-state index is 6.37. The van der Waals surface area contributed by atoms with Gasteiger partial charge in [-0.3, -0.25) is 0 Å². The molecule has 0 aliphatic rings. The Morgan fingerprint density at radius 1 is 0.558 bits per heavy atom. The molecule has 6 aromatic rings. The zero-order chi connectivity index (χ0) is 29.8. The van der Waals surface area contributed by atoms with Gasteiger partial charge in [-0.1, -0.05) is 122 Å². The van der Waals surface area contributed by atoms with Crippen molar-refractivity contribution in [2.75, 3.05) is 6.61 Å². The Kier molecular flexibility index (Phi) is 9.90. The third-order valence-corrected chi connectivity index (χ3v) is 12.4. The molecular weight excluding hydrogens is 561 g/mol. The van der Waals surface area contributed by atoms with Crippen molar-refractivity contribution in [3.05, 3.63) is 66.2 Å². The van der Waals surface area contributed by atoms with Crippen LogP contribution >= 0.6 is 22.7 Å². The van der Waals surface area contributed by atoms with Crippen LogP contribution in [0.15, 0.2) is 60.7 Å². The molecule has 0 aliphatic carbocycles. The van der Waals surface area contributed by atoms with Crippen molar-refractivity contribution in [1.82, 2.24) is 0 Å². The van der Waals surface area contributed by atoms with Crippen LogP contribution in [0, 0.1) is 11.8 Å². The van der Waals surface area contributed by atoms with Crippen LogP contribution in [0.5, 0.6) is 5.75 Å². The van der Waals surface area contributed by atoms with E-state index in [9.17, 15) is 0 Å². The van der Waals surface area contributed by atoms with Gasteiger partial charge in [-0.15, -0.1) is 22.7 Å². The normalized spacial score (nSPS) is 13.6. The van der Waals surface area contributed by atoms with Gasteiger partial charge in [0.1, 0.15) is 5.75 Å².